The van der Waals surface area contributed by atoms with Crippen molar-refractivity contribution in [3.05, 3.63) is 20.8 Å². The second-order valence-corrected chi connectivity index (χ2v) is 6.43. The highest BCUT2D eigenvalue weighted by atomic mass is 79.9. The van der Waals surface area contributed by atoms with Crippen LogP contribution in [0.5, 0.6) is 0 Å². The van der Waals surface area contributed by atoms with Gasteiger partial charge in [-0.2, -0.15) is 11.8 Å². The van der Waals surface area contributed by atoms with Crippen LogP contribution in [0.4, 0.5) is 0 Å². The first-order chi connectivity index (χ1) is 7.70. The van der Waals surface area contributed by atoms with Crippen molar-refractivity contribution >= 4 is 45.0 Å². The average Bonchev–Trinajstić information content (AvgIpc) is 2.75. The molecule has 1 saturated heterocycles. The summed E-state index contributed by atoms with van der Waals surface area (Å²) in [6, 6.07) is 2.16. The van der Waals surface area contributed by atoms with Crippen molar-refractivity contribution < 1.29 is 9.53 Å². The Balaban J connectivity index is 2.04. The molecule has 3 nitrogen and oxygen atoms in total. The maximum atomic E-state index is 11.4. The minimum absolute atomic E-state index is 0.173. The molecule has 1 fully saturated rings. The summed E-state index contributed by atoms with van der Waals surface area (Å²) in [4.78, 5) is 12.7. The molecule has 0 aromatic carbocycles. The monoisotopic (exact) mass is 321 g/mol. The molecular formula is C10H12BrNO2S2. The van der Waals surface area contributed by atoms with Crippen LogP contribution >= 0.6 is 39.0 Å². The number of carbonyl (C=O) groups excluding carboxylic acids is 1. The number of hydrogen-bond acceptors (Lipinski definition) is 5. The number of carbonyl (C=O) groups is 1. The third kappa shape index (κ3) is 2.80. The van der Waals surface area contributed by atoms with Crippen LogP contribution in [0.15, 0.2) is 15.9 Å². The minimum atomic E-state index is -0.186. The normalized spacial score (nSPS) is 25.4. The maximum Gasteiger partial charge on any atom is 0.323 e. The SMILES string of the molecule is COC(=O)C1CSCC(c2cc(Br)cs2)N1. The Labute approximate surface area is 111 Å². The van der Waals surface area contributed by atoms with Crippen molar-refractivity contribution in [2.24, 2.45) is 0 Å². The van der Waals surface area contributed by atoms with Gasteiger partial charge in [-0.25, -0.2) is 0 Å². The number of esters is 1. The quantitative estimate of drug-likeness (QED) is 0.849. The average molecular weight is 322 g/mol. The lowest BCUT2D eigenvalue weighted by Gasteiger charge is -2.28. The van der Waals surface area contributed by atoms with E-state index in [0.29, 0.717) is 0 Å². The Morgan fingerprint density at radius 1 is 1.62 bits per heavy atom. The van der Waals surface area contributed by atoms with Gasteiger partial charge in [-0.1, -0.05) is 0 Å². The van der Waals surface area contributed by atoms with Crippen LogP contribution in [0.3, 0.4) is 0 Å². The predicted octanol–water partition coefficient (Wildman–Crippen LogP) is 2.43. The molecular weight excluding hydrogens is 310 g/mol. The van der Waals surface area contributed by atoms with Crippen LogP contribution in [-0.2, 0) is 9.53 Å². The number of hydrogen-bond donors (Lipinski definition) is 1. The summed E-state index contributed by atoms with van der Waals surface area (Å²) in [5, 5.41) is 5.39. The molecule has 88 valence electrons. The lowest BCUT2D eigenvalue weighted by Crippen LogP contribution is -2.45. The highest BCUT2D eigenvalue weighted by molar-refractivity contribution is 9.10. The molecule has 1 aromatic heterocycles. The standard InChI is InChI=1S/C10H12BrNO2S2/c1-14-10(13)8-5-15-4-7(12-8)9-2-6(11)3-16-9/h2-3,7-8,12H,4-5H2,1H3. The fourth-order valence-electron chi connectivity index (χ4n) is 1.60. The molecule has 0 bridgehead atoms. The number of thioether (sulfide) groups is 1. The molecule has 0 aliphatic carbocycles. The van der Waals surface area contributed by atoms with Crippen LogP contribution in [0.1, 0.15) is 10.9 Å². The number of rotatable bonds is 2. The topological polar surface area (TPSA) is 38.3 Å². The van der Waals surface area contributed by atoms with E-state index in [4.69, 9.17) is 4.74 Å². The number of ether oxygens (including phenoxy) is 1. The van der Waals surface area contributed by atoms with Gasteiger partial charge in [0.05, 0.1) is 13.2 Å². The summed E-state index contributed by atoms with van der Waals surface area (Å²) in [5.41, 5.74) is 0. The summed E-state index contributed by atoms with van der Waals surface area (Å²) >= 11 is 6.93. The number of thiophene rings is 1. The van der Waals surface area contributed by atoms with Crippen molar-refractivity contribution in [3.8, 4) is 0 Å². The van der Waals surface area contributed by atoms with Crippen molar-refractivity contribution in [2.75, 3.05) is 18.6 Å². The first kappa shape index (κ1) is 12.4. The summed E-state index contributed by atoms with van der Waals surface area (Å²) in [6.45, 7) is 0. The zero-order valence-corrected chi connectivity index (χ0v) is 12.0. The first-order valence-corrected chi connectivity index (χ1v) is 7.69. The van der Waals surface area contributed by atoms with E-state index in [2.05, 4.69) is 32.7 Å². The minimum Gasteiger partial charge on any atom is -0.468 e. The molecule has 0 radical (unpaired) electrons. The van der Waals surface area contributed by atoms with Gasteiger partial charge in [0.1, 0.15) is 6.04 Å². The molecule has 16 heavy (non-hydrogen) atoms. The Morgan fingerprint density at radius 2 is 2.44 bits per heavy atom. The van der Waals surface area contributed by atoms with E-state index < -0.39 is 0 Å². The summed E-state index contributed by atoms with van der Waals surface area (Å²) in [5.74, 6) is 1.61. The molecule has 2 unspecified atom stereocenters. The zero-order valence-electron chi connectivity index (χ0n) is 8.73. The van der Waals surface area contributed by atoms with E-state index in [1.54, 1.807) is 23.1 Å². The van der Waals surface area contributed by atoms with E-state index in [9.17, 15) is 4.79 Å². The fourth-order valence-corrected chi connectivity index (χ4v) is 4.32. The van der Waals surface area contributed by atoms with E-state index in [1.807, 2.05) is 0 Å². The molecule has 6 heteroatoms. The molecule has 2 atom stereocenters. The van der Waals surface area contributed by atoms with Gasteiger partial charge in [0.2, 0.25) is 0 Å². The van der Waals surface area contributed by atoms with Crippen LogP contribution in [-0.4, -0.2) is 30.6 Å². The zero-order chi connectivity index (χ0) is 11.5. The van der Waals surface area contributed by atoms with Gasteiger partial charge in [0.15, 0.2) is 0 Å². The van der Waals surface area contributed by atoms with Gasteiger partial charge in [0, 0.05) is 26.2 Å². The highest BCUT2D eigenvalue weighted by Crippen LogP contribution is 2.30. The number of methoxy groups -OCH3 is 1. The van der Waals surface area contributed by atoms with Crippen LogP contribution in [0, 0.1) is 0 Å². The fraction of sp³-hybridized carbons (Fsp3) is 0.500. The van der Waals surface area contributed by atoms with E-state index >= 15 is 0 Å². The molecule has 2 rings (SSSR count). The molecule has 1 N–H and O–H groups in total. The molecule has 1 aliphatic heterocycles. The van der Waals surface area contributed by atoms with Crippen molar-refractivity contribution in [3.63, 3.8) is 0 Å². The van der Waals surface area contributed by atoms with Crippen LogP contribution < -0.4 is 5.32 Å². The van der Waals surface area contributed by atoms with Crippen LogP contribution in [0.2, 0.25) is 0 Å². The highest BCUT2D eigenvalue weighted by Gasteiger charge is 2.28. The third-order valence-electron chi connectivity index (χ3n) is 2.39. The number of nitrogens with one attached hydrogen (secondary N) is 1. The second kappa shape index (κ2) is 5.53. The third-order valence-corrected chi connectivity index (χ3v) is 5.33. The number of halogens is 1. The largest absolute Gasteiger partial charge is 0.468 e. The first-order valence-electron chi connectivity index (χ1n) is 4.86. The summed E-state index contributed by atoms with van der Waals surface area (Å²) < 4.78 is 5.86. The van der Waals surface area contributed by atoms with Gasteiger partial charge in [-0.3, -0.25) is 10.1 Å². The predicted molar refractivity (Wildman–Crippen MR) is 71.0 cm³/mol. The Hall–Kier alpha value is -0.0400. The van der Waals surface area contributed by atoms with Crippen molar-refractivity contribution in [1.82, 2.24) is 5.32 Å². The molecule has 1 aromatic rings. The van der Waals surface area contributed by atoms with Crippen molar-refractivity contribution in [2.45, 2.75) is 12.1 Å². The maximum absolute atomic E-state index is 11.4. The Bertz CT molecular complexity index is 383. The Kier molecular flexibility index (Phi) is 4.29. The van der Waals surface area contributed by atoms with Crippen LogP contribution in [0.25, 0.3) is 0 Å². The summed E-state index contributed by atoms with van der Waals surface area (Å²) in [7, 11) is 1.43. The van der Waals surface area contributed by atoms with Gasteiger partial charge in [-0.05, 0) is 22.0 Å². The Morgan fingerprint density at radius 3 is 3.06 bits per heavy atom. The van der Waals surface area contributed by atoms with Gasteiger partial charge < -0.3 is 4.74 Å². The smallest absolute Gasteiger partial charge is 0.323 e. The lowest BCUT2D eigenvalue weighted by atomic mass is 10.2. The van der Waals surface area contributed by atoms with Gasteiger partial charge >= 0.3 is 5.97 Å². The van der Waals surface area contributed by atoms with E-state index in [1.165, 1.54) is 12.0 Å². The molecule has 0 amide bonds. The van der Waals surface area contributed by atoms with Gasteiger partial charge in [-0.15, -0.1) is 11.3 Å². The van der Waals surface area contributed by atoms with Gasteiger partial charge in [0.25, 0.3) is 0 Å². The molecule has 0 spiro atoms. The van der Waals surface area contributed by atoms with E-state index in [0.717, 1.165) is 16.0 Å². The van der Waals surface area contributed by atoms with Crippen molar-refractivity contribution in [1.29, 1.82) is 0 Å². The lowest BCUT2D eigenvalue weighted by molar-refractivity contribution is -0.142. The molecule has 1 aliphatic rings. The van der Waals surface area contributed by atoms with E-state index in [-0.39, 0.29) is 18.1 Å². The molecule has 0 saturated carbocycles. The molecule has 2 heterocycles. The summed E-state index contributed by atoms with van der Waals surface area (Å²) in [6.07, 6.45) is 0. The second-order valence-electron chi connectivity index (χ2n) is 3.50.